The molecular weight excluding hydrogens is 134 g/mol. The van der Waals surface area contributed by atoms with E-state index in [4.69, 9.17) is 20.7 Å². The molecule has 1 aliphatic heterocycles. The maximum atomic E-state index is 9.16. The first-order chi connectivity index (χ1) is 4.63. The molecule has 60 valence electrons. The van der Waals surface area contributed by atoms with Crippen molar-refractivity contribution in [1.29, 1.82) is 0 Å². The number of nitrogens with two attached hydrogens (primary N) is 1. The Hall–Kier alpha value is -0.160. The number of ether oxygens (including phenoxy) is 1. The maximum Gasteiger partial charge on any atom is 0.107 e. The Morgan fingerprint density at radius 1 is 1.40 bits per heavy atom. The second-order valence-corrected chi connectivity index (χ2v) is 2.68. The molecule has 0 bridgehead atoms. The van der Waals surface area contributed by atoms with Gasteiger partial charge in [0.25, 0.3) is 0 Å². The van der Waals surface area contributed by atoms with Crippen LogP contribution in [0.3, 0.4) is 0 Å². The van der Waals surface area contributed by atoms with Crippen LogP contribution >= 0.6 is 0 Å². The molecule has 4 nitrogen and oxygen atoms in total. The van der Waals surface area contributed by atoms with Crippen LogP contribution in [0.2, 0.25) is 0 Å². The van der Waals surface area contributed by atoms with Crippen molar-refractivity contribution in [2.45, 2.75) is 31.3 Å². The molecule has 1 saturated heterocycles. The summed E-state index contributed by atoms with van der Waals surface area (Å²) in [6, 6.07) is -0.453. The van der Waals surface area contributed by atoms with Gasteiger partial charge in [0.15, 0.2) is 0 Å². The standard InChI is InChI=1S/C6H13NO3/c1-3-5(8)6(9)4(7)2-10-3/h3-6,8-9H,2,7H2,1H3/t3-,4+,5?,6-/m1/s1. The van der Waals surface area contributed by atoms with Gasteiger partial charge in [-0.3, -0.25) is 0 Å². The second-order valence-electron chi connectivity index (χ2n) is 2.68. The van der Waals surface area contributed by atoms with Crippen LogP contribution in [0.5, 0.6) is 0 Å². The fourth-order valence-electron chi connectivity index (χ4n) is 0.991. The second kappa shape index (κ2) is 2.84. The average Bonchev–Trinajstić information content (AvgIpc) is 1.93. The fraction of sp³-hybridized carbons (Fsp3) is 1.00. The van der Waals surface area contributed by atoms with E-state index in [9.17, 15) is 0 Å². The summed E-state index contributed by atoms with van der Waals surface area (Å²) in [7, 11) is 0. The Bertz CT molecular complexity index is 106. The minimum atomic E-state index is -0.844. The topological polar surface area (TPSA) is 75.7 Å². The van der Waals surface area contributed by atoms with Crippen molar-refractivity contribution >= 4 is 0 Å². The highest BCUT2D eigenvalue weighted by molar-refractivity contribution is 4.86. The van der Waals surface area contributed by atoms with Gasteiger partial charge in [-0.25, -0.2) is 0 Å². The minimum Gasteiger partial charge on any atom is -0.389 e. The van der Waals surface area contributed by atoms with E-state index in [0.717, 1.165) is 0 Å². The van der Waals surface area contributed by atoms with Crippen molar-refractivity contribution < 1.29 is 14.9 Å². The summed E-state index contributed by atoms with van der Waals surface area (Å²) >= 11 is 0. The van der Waals surface area contributed by atoms with E-state index in [1.54, 1.807) is 6.92 Å². The molecule has 0 amide bonds. The number of aliphatic hydroxyl groups excluding tert-OH is 2. The lowest BCUT2D eigenvalue weighted by atomic mass is 10.0. The molecular formula is C6H13NO3. The highest BCUT2D eigenvalue weighted by Gasteiger charge is 2.33. The number of hydrogen-bond donors (Lipinski definition) is 3. The van der Waals surface area contributed by atoms with Crippen LogP contribution in [0.15, 0.2) is 0 Å². The molecule has 10 heavy (non-hydrogen) atoms. The van der Waals surface area contributed by atoms with Crippen molar-refractivity contribution in [2.24, 2.45) is 5.73 Å². The van der Waals surface area contributed by atoms with E-state index in [2.05, 4.69) is 0 Å². The van der Waals surface area contributed by atoms with E-state index in [-0.39, 0.29) is 6.10 Å². The van der Waals surface area contributed by atoms with Gasteiger partial charge in [-0.05, 0) is 6.92 Å². The zero-order valence-corrected chi connectivity index (χ0v) is 5.90. The monoisotopic (exact) mass is 147 g/mol. The van der Waals surface area contributed by atoms with Gasteiger partial charge in [0, 0.05) is 0 Å². The van der Waals surface area contributed by atoms with Crippen molar-refractivity contribution in [3.8, 4) is 0 Å². The summed E-state index contributed by atoms with van der Waals surface area (Å²) in [4.78, 5) is 0. The van der Waals surface area contributed by atoms with Crippen molar-refractivity contribution in [2.75, 3.05) is 6.61 Å². The molecule has 0 aromatic heterocycles. The molecule has 0 spiro atoms. The van der Waals surface area contributed by atoms with E-state index >= 15 is 0 Å². The predicted octanol–water partition coefficient (Wildman–Crippen LogP) is -1.55. The van der Waals surface area contributed by atoms with E-state index < -0.39 is 18.2 Å². The first-order valence-electron chi connectivity index (χ1n) is 3.36. The molecule has 4 atom stereocenters. The molecule has 1 aliphatic rings. The smallest absolute Gasteiger partial charge is 0.107 e. The van der Waals surface area contributed by atoms with Gasteiger partial charge in [0.05, 0.1) is 24.9 Å². The largest absolute Gasteiger partial charge is 0.389 e. The van der Waals surface area contributed by atoms with Gasteiger partial charge >= 0.3 is 0 Å². The lowest BCUT2D eigenvalue weighted by Crippen LogP contribution is -2.55. The van der Waals surface area contributed by atoms with Crippen molar-refractivity contribution in [3.05, 3.63) is 0 Å². The third-order valence-electron chi connectivity index (χ3n) is 1.82. The molecule has 0 aromatic rings. The van der Waals surface area contributed by atoms with Gasteiger partial charge in [-0.15, -0.1) is 0 Å². The van der Waals surface area contributed by atoms with Crippen molar-refractivity contribution in [1.82, 2.24) is 0 Å². The lowest BCUT2D eigenvalue weighted by Gasteiger charge is -2.33. The Balaban J connectivity index is 2.52. The third-order valence-corrected chi connectivity index (χ3v) is 1.82. The molecule has 1 fully saturated rings. The van der Waals surface area contributed by atoms with Crippen LogP contribution in [0, 0.1) is 0 Å². The zero-order valence-electron chi connectivity index (χ0n) is 5.90. The van der Waals surface area contributed by atoms with Crippen LogP contribution in [0.1, 0.15) is 6.92 Å². The predicted molar refractivity (Wildman–Crippen MR) is 35.4 cm³/mol. The maximum absolute atomic E-state index is 9.16. The first-order valence-corrected chi connectivity index (χ1v) is 3.36. The molecule has 1 unspecified atom stereocenters. The minimum absolute atomic E-state index is 0.310. The molecule has 1 heterocycles. The van der Waals surface area contributed by atoms with Crippen LogP contribution in [-0.2, 0) is 4.74 Å². The highest BCUT2D eigenvalue weighted by atomic mass is 16.5. The summed E-state index contributed by atoms with van der Waals surface area (Å²) in [5.41, 5.74) is 5.40. The number of hydrogen-bond acceptors (Lipinski definition) is 4. The lowest BCUT2D eigenvalue weighted by molar-refractivity contribution is -0.136. The number of aliphatic hydroxyl groups is 2. The fourth-order valence-corrected chi connectivity index (χ4v) is 0.991. The SMILES string of the molecule is C[C@H]1OC[C@H](N)[C@@H](O)C1O. The molecule has 0 aromatic carbocycles. The summed E-state index contributed by atoms with van der Waals surface area (Å²) in [5, 5.41) is 18.3. The van der Waals surface area contributed by atoms with E-state index in [0.29, 0.717) is 6.61 Å². The Labute approximate surface area is 59.6 Å². The van der Waals surface area contributed by atoms with Gasteiger partial charge in [0.1, 0.15) is 6.10 Å². The molecule has 0 aliphatic carbocycles. The third kappa shape index (κ3) is 1.29. The van der Waals surface area contributed by atoms with Gasteiger partial charge < -0.3 is 20.7 Å². The Morgan fingerprint density at radius 2 is 2.00 bits per heavy atom. The number of rotatable bonds is 0. The van der Waals surface area contributed by atoms with Gasteiger partial charge in [0.2, 0.25) is 0 Å². The quantitative estimate of drug-likeness (QED) is 0.388. The normalized spacial score (nSPS) is 49.2. The van der Waals surface area contributed by atoms with E-state index in [1.165, 1.54) is 0 Å². The van der Waals surface area contributed by atoms with E-state index in [1.807, 2.05) is 0 Å². The summed E-state index contributed by atoms with van der Waals surface area (Å²) in [6.07, 6.45) is -2.00. The van der Waals surface area contributed by atoms with Crippen LogP contribution in [-0.4, -0.2) is 41.2 Å². The highest BCUT2D eigenvalue weighted by Crippen LogP contribution is 2.12. The molecule has 1 rings (SSSR count). The van der Waals surface area contributed by atoms with Crippen LogP contribution < -0.4 is 5.73 Å². The molecule has 0 saturated carbocycles. The van der Waals surface area contributed by atoms with Crippen molar-refractivity contribution in [3.63, 3.8) is 0 Å². The Morgan fingerprint density at radius 3 is 2.50 bits per heavy atom. The summed E-state index contributed by atoms with van der Waals surface area (Å²) in [6.45, 7) is 2.03. The first kappa shape index (κ1) is 7.94. The Kier molecular flexibility index (Phi) is 2.25. The summed E-state index contributed by atoms with van der Waals surface area (Å²) in [5.74, 6) is 0. The summed E-state index contributed by atoms with van der Waals surface area (Å²) < 4.78 is 5.04. The van der Waals surface area contributed by atoms with Gasteiger partial charge in [-0.1, -0.05) is 0 Å². The van der Waals surface area contributed by atoms with Gasteiger partial charge in [-0.2, -0.15) is 0 Å². The molecule has 0 radical (unpaired) electrons. The molecule has 4 N–H and O–H groups in total. The average molecular weight is 147 g/mol. The molecule has 4 heteroatoms. The zero-order chi connectivity index (χ0) is 7.72. The van der Waals surface area contributed by atoms with Crippen LogP contribution in [0.25, 0.3) is 0 Å². The van der Waals surface area contributed by atoms with Crippen LogP contribution in [0.4, 0.5) is 0 Å².